The van der Waals surface area contributed by atoms with Gasteiger partial charge < -0.3 is 15.4 Å². The van der Waals surface area contributed by atoms with Gasteiger partial charge in [0.05, 0.1) is 13.6 Å². The van der Waals surface area contributed by atoms with Crippen LogP contribution >= 0.6 is 0 Å². The normalized spacial score (nSPS) is 11.1. The Hall–Kier alpha value is -0.770. The quantitative estimate of drug-likeness (QED) is 0.639. The first-order valence-electron chi connectivity index (χ1n) is 5.20. The highest BCUT2D eigenvalue weighted by Gasteiger charge is 2.15. The molecular weight excluding hydrogens is 180 g/mol. The van der Waals surface area contributed by atoms with Crippen molar-refractivity contribution in [2.45, 2.75) is 39.2 Å². The summed E-state index contributed by atoms with van der Waals surface area (Å²) in [7, 11) is 2.04. The Labute approximate surface area is 86.4 Å². The lowest BCUT2D eigenvalue weighted by molar-refractivity contribution is -0.627. The number of rotatable bonds is 5. The molecule has 0 aromatic rings. The van der Waals surface area contributed by atoms with Crippen LogP contribution in [0, 0.1) is 0 Å². The van der Waals surface area contributed by atoms with Gasteiger partial charge in [-0.15, -0.1) is 0 Å². The summed E-state index contributed by atoms with van der Waals surface area (Å²) in [5.41, 5.74) is -0.402. The zero-order valence-electron chi connectivity index (χ0n) is 9.72. The van der Waals surface area contributed by atoms with Crippen molar-refractivity contribution in [1.29, 1.82) is 0 Å². The molecule has 0 aromatic heterocycles. The van der Waals surface area contributed by atoms with E-state index in [1.807, 2.05) is 27.8 Å². The van der Waals surface area contributed by atoms with Gasteiger partial charge in [-0.2, -0.15) is 0 Å². The Kier molecular flexibility index (Phi) is 6.28. The van der Waals surface area contributed by atoms with Gasteiger partial charge in [-0.25, -0.2) is 4.79 Å². The summed E-state index contributed by atoms with van der Waals surface area (Å²) in [5.74, 6) is 0. The van der Waals surface area contributed by atoms with Crippen molar-refractivity contribution >= 4 is 6.09 Å². The van der Waals surface area contributed by atoms with Gasteiger partial charge in [-0.3, -0.25) is 0 Å². The molecule has 0 aliphatic heterocycles. The van der Waals surface area contributed by atoms with Crippen LogP contribution in [0.3, 0.4) is 0 Å². The first kappa shape index (κ1) is 13.2. The molecule has 0 aliphatic rings. The number of quaternary nitrogens is 1. The standard InChI is InChI=1S/C10H22N2O2/c1-10(2,3)14-9(13)12-8-6-5-7-11-4/h11H,5-8H2,1-4H3,(H,12,13)/p+1. The molecule has 0 unspecified atom stereocenters. The van der Waals surface area contributed by atoms with Crippen LogP contribution < -0.4 is 10.6 Å². The number of hydrogen-bond acceptors (Lipinski definition) is 2. The molecule has 0 radical (unpaired) electrons. The van der Waals surface area contributed by atoms with Crippen LogP contribution in [0.15, 0.2) is 0 Å². The van der Waals surface area contributed by atoms with Crippen molar-refractivity contribution in [3.63, 3.8) is 0 Å². The molecule has 0 spiro atoms. The molecule has 1 amide bonds. The molecular formula is C10H23N2O2+. The van der Waals surface area contributed by atoms with E-state index in [1.165, 1.54) is 0 Å². The zero-order chi connectivity index (χ0) is 11.0. The average Bonchev–Trinajstić information content (AvgIpc) is 2.00. The minimum atomic E-state index is -0.402. The summed E-state index contributed by atoms with van der Waals surface area (Å²) < 4.78 is 5.09. The van der Waals surface area contributed by atoms with Crippen LogP contribution in [-0.4, -0.2) is 31.8 Å². The number of unbranched alkanes of at least 4 members (excludes halogenated alkanes) is 1. The number of nitrogens with one attached hydrogen (secondary N) is 1. The summed E-state index contributed by atoms with van der Waals surface area (Å²) in [6.07, 6.45) is 1.80. The number of amides is 1. The van der Waals surface area contributed by atoms with Gasteiger partial charge in [0.25, 0.3) is 0 Å². The maximum Gasteiger partial charge on any atom is 0.407 e. The van der Waals surface area contributed by atoms with E-state index in [-0.39, 0.29) is 6.09 Å². The number of hydrogen-bond donors (Lipinski definition) is 2. The fraction of sp³-hybridized carbons (Fsp3) is 0.900. The molecule has 0 aromatic carbocycles. The van der Waals surface area contributed by atoms with Crippen LogP contribution in [0.5, 0.6) is 0 Å². The number of nitrogens with two attached hydrogens (primary N) is 1. The van der Waals surface area contributed by atoms with Crippen LogP contribution in [0.1, 0.15) is 33.6 Å². The smallest absolute Gasteiger partial charge is 0.407 e. The van der Waals surface area contributed by atoms with E-state index < -0.39 is 5.60 Å². The molecule has 0 aliphatic carbocycles. The molecule has 0 heterocycles. The predicted octanol–water partition coefficient (Wildman–Crippen LogP) is 0.484. The van der Waals surface area contributed by atoms with Crippen molar-refractivity contribution in [3.8, 4) is 0 Å². The minimum absolute atomic E-state index is 0.321. The Bertz CT molecular complexity index is 164. The lowest BCUT2D eigenvalue weighted by atomic mass is 10.2. The van der Waals surface area contributed by atoms with E-state index in [0.29, 0.717) is 6.54 Å². The lowest BCUT2D eigenvalue weighted by Crippen LogP contribution is -2.79. The monoisotopic (exact) mass is 203 g/mol. The molecule has 4 nitrogen and oxygen atoms in total. The molecule has 0 fully saturated rings. The second-order valence-electron chi connectivity index (χ2n) is 4.33. The maximum absolute atomic E-state index is 11.2. The summed E-state index contributed by atoms with van der Waals surface area (Å²) >= 11 is 0. The third-order valence-corrected chi connectivity index (χ3v) is 1.59. The molecule has 0 saturated heterocycles. The molecule has 84 valence electrons. The van der Waals surface area contributed by atoms with Gasteiger partial charge >= 0.3 is 6.09 Å². The van der Waals surface area contributed by atoms with Gasteiger partial charge in [0.15, 0.2) is 0 Å². The molecule has 3 N–H and O–H groups in total. The number of carbonyl (C=O) groups is 1. The van der Waals surface area contributed by atoms with Gasteiger partial charge in [0.1, 0.15) is 5.60 Å². The highest BCUT2D eigenvalue weighted by Crippen LogP contribution is 2.06. The number of alkyl carbamates (subject to hydrolysis) is 1. The highest BCUT2D eigenvalue weighted by molar-refractivity contribution is 5.67. The molecule has 0 bridgehead atoms. The maximum atomic E-state index is 11.2. The molecule has 0 saturated carbocycles. The van der Waals surface area contributed by atoms with Crippen molar-refractivity contribution in [3.05, 3.63) is 0 Å². The molecule has 0 rings (SSSR count). The highest BCUT2D eigenvalue weighted by atomic mass is 16.6. The summed E-state index contributed by atoms with van der Waals surface area (Å²) in [5, 5.41) is 4.86. The number of carbonyl (C=O) groups excluding carboxylic acids is 1. The van der Waals surface area contributed by atoms with E-state index >= 15 is 0 Å². The fourth-order valence-corrected chi connectivity index (χ4v) is 0.978. The van der Waals surface area contributed by atoms with E-state index in [9.17, 15) is 4.79 Å². The number of ether oxygens (including phenoxy) is 1. The fourth-order valence-electron chi connectivity index (χ4n) is 0.978. The van der Waals surface area contributed by atoms with Crippen LogP contribution in [0.4, 0.5) is 4.79 Å². The minimum Gasteiger partial charge on any atom is -0.444 e. The first-order valence-corrected chi connectivity index (χ1v) is 5.20. The summed E-state index contributed by atoms with van der Waals surface area (Å²) in [6, 6.07) is 0. The van der Waals surface area contributed by atoms with Gasteiger partial charge in [0, 0.05) is 6.54 Å². The third-order valence-electron chi connectivity index (χ3n) is 1.59. The Balaban J connectivity index is 3.36. The molecule has 0 atom stereocenters. The predicted molar refractivity (Wildman–Crippen MR) is 56.2 cm³/mol. The Morgan fingerprint density at radius 3 is 2.50 bits per heavy atom. The van der Waals surface area contributed by atoms with E-state index in [1.54, 1.807) is 0 Å². The Morgan fingerprint density at radius 2 is 2.00 bits per heavy atom. The zero-order valence-corrected chi connectivity index (χ0v) is 9.72. The molecule has 4 heteroatoms. The third kappa shape index (κ3) is 9.32. The van der Waals surface area contributed by atoms with E-state index in [2.05, 4.69) is 10.6 Å². The van der Waals surface area contributed by atoms with Crippen molar-refractivity contribution in [2.24, 2.45) is 0 Å². The molecule has 14 heavy (non-hydrogen) atoms. The van der Waals surface area contributed by atoms with Crippen LogP contribution in [0.25, 0.3) is 0 Å². The Morgan fingerprint density at radius 1 is 1.36 bits per heavy atom. The van der Waals surface area contributed by atoms with Crippen molar-refractivity contribution < 1.29 is 14.8 Å². The average molecular weight is 203 g/mol. The van der Waals surface area contributed by atoms with Gasteiger partial charge in [-0.1, -0.05) is 0 Å². The first-order chi connectivity index (χ1) is 6.45. The SMILES string of the molecule is C[NH2+]CCCCNC(=O)OC(C)(C)C. The second-order valence-corrected chi connectivity index (χ2v) is 4.33. The topological polar surface area (TPSA) is 54.9 Å². The van der Waals surface area contributed by atoms with Crippen LogP contribution in [-0.2, 0) is 4.74 Å². The largest absolute Gasteiger partial charge is 0.444 e. The van der Waals surface area contributed by atoms with Crippen molar-refractivity contribution in [2.75, 3.05) is 20.1 Å². The van der Waals surface area contributed by atoms with E-state index in [0.717, 1.165) is 19.4 Å². The summed E-state index contributed by atoms with van der Waals surface area (Å²) in [4.78, 5) is 11.2. The van der Waals surface area contributed by atoms with Gasteiger partial charge in [-0.05, 0) is 33.6 Å². The van der Waals surface area contributed by atoms with Gasteiger partial charge in [0.2, 0.25) is 0 Å². The van der Waals surface area contributed by atoms with E-state index in [4.69, 9.17) is 4.74 Å². The van der Waals surface area contributed by atoms with Crippen LogP contribution in [0.2, 0.25) is 0 Å². The van der Waals surface area contributed by atoms with Crippen molar-refractivity contribution in [1.82, 2.24) is 5.32 Å². The second kappa shape index (κ2) is 6.65. The summed E-state index contributed by atoms with van der Waals surface area (Å²) in [6.45, 7) is 7.38. The lowest BCUT2D eigenvalue weighted by Gasteiger charge is -2.19.